The van der Waals surface area contributed by atoms with Crippen molar-refractivity contribution in [2.75, 3.05) is 11.4 Å². The maximum Gasteiger partial charge on any atom is 0.237 e. The Bertz CT molecular complexity index is 606. The number of carbonyl (C=O) groups excluding carboxylic acids is 1. The van der Waals surface area contributed by atoms with Gasteiger partial charge in [-0.1, -0.05) is 121 Å². The van der Waals surface area contributed by atoms with Crippen molar-refractivity contribution >= 4 is 11.6 Å². The molecule has 0 radical (unpaired) electrons. The molecular formula is C28H47NO. The first kappa shape index (κ1) is 25.0. The summed E-state index contributed by atoms with van der Waals surface area (Å²) in [6.07, 6.45) is 22.1. The van der Waals surface area contributed by atoms with Gasteiger partial charge in [-0.05, 0) is 31.9 Å². The van der Waals surface area contributed by atoms with Crippen molar-refractivity contribution in [2.45, 2.75) is 129 Å². The maximum atomic E-state index is 12.8. The second-order valence-electron chi connectivity index (χ2n) is 9.90. The quantitative estimate of drug-likeness (QED) is 0.234. The van der Waals surface area contributed by atoms with Gasteiger partial charge >= 0.3 is 0 Å². The van der Waals surface area contributed by atoms with Gasteiger partial charge < -0.3 is 4.90 Å². The molecule has 0 aliphatic carbocycles. The van der Waals surface area contributed by atoms with E-state index in [0.29, 0.717) is 0 Å². The molecule has 0 saturated heterocycles. The van der Waals surface area contributed by atoms with Crippen molar-refractivity contribution < 1.29 is 4.79 Å². The van der Waals surface area contributed by atoms with E-state index in [4.69, 9.17) is 0 Å². The number of anilines is 1. The van der Waals surface area contributed by atoms with Crippen LogP contribution in [0.4, 0.5) is 5.69 Å². The average Bonchev–Trinajstić information content (AvgIpc) is 2.94. The zero-order valence-electron chi connectivity index (χ0n) is 20.2. The lowest BCUT2D eigenvalue weighted by atomic mass is 9.86. The predicted molar refractivity (Wildman–Crippen MR) is 131 cm³/mol. The highest BCUT2D eigenvalue weighted by atomic mass is 16.2. The van der Waals surface area contributed by atoms with Gasteiger partial charge in [0.05, 0.1) is 5.41 Å². The van der Waals surface area contributed by atoms with Gasteiger partial charge in [-0.25, -0.2) is 0 Å². The Morgan fingerprint density at radius 3 is 1.60 bits per heavy atom. The van der Waals surface area contributed by atoms with Crippen LogP contribution < -0.4 is 4.90 Å². The number of amides is 1. The second kappa shape index (κ2) is 13.9. The first-order valence-corrected chi connectivity index (χ1v) is 13.0. The molecule has 170 valence electrons. The van der Waals surface area contributed by atoms with E-state index < -0.39 is 0 Å². The normalized spacial score (nSPS) is 15.0. The topological polar surface area (TPSA) is 20.3 Å². The van der Waals surface area contributed by atoms with Gasteiger partial charge in [0.25, 0.3) is 0 Å². The van der Waals surface area contributed by atoms with Gasteiger partial charge in [0, 0.05) is 12.2 Å². The van der Waals surface area contributed by atoms with Gasteiger partial charge in [-0.15, -0.1) is 0 Å². The summed E-state index contributed by atoms with van der Waals surface area (Å²) in [4.78, 5) is 14.8. The molecule has 1 aliphatic heterocycles. The molecule has 0 unspecified atom stereocenters. The largest absolute Gasteiger partial charge is 0.311 e. The van der Waals surface area contributed by atoms with Crippen LogP contribution in [0.2, 0.25) is 0 Å². The van der Waals surface area contributed by atoms with Crippen LogP contribution in [0.25, 0.3) is 0 Å². The molecular weight excluding hydrogens is 366 g/mol. The molecule has 2 rings (SSSR count). The van der Waals surface area contributed by atoms with E-state index in [9.17, 15) is 4.79 Å². The summed E-state index contributed by atoms with van der Waals surface area (Å²) in [5.74, 6) is 0.268. The average molecular weight is 414 g/mol. The molecule has 1 aliphatic rings. The van der Waals surface area contributed by atoms with Gasteiger partial charge in [-0.3, -0.25) is 4.79 Å². The van der Waals surface area contributed by atoms with Crippen LogP contribution >= 0.6 is 0 Å². The lowest BCUT2D eigenvalue weighted by Gasteiger charge is -2.20. The Hall–Kier alpha value is -1.31. The van der Waals surface area contributed by atoms with Crippen molar-refractivity contribution in [1.82, 2.24) is 0 Å². The molecule has 1 aromatic carbocycles. The Balaban J connectivity index is 1.43. The molecule has 1 heterocycles. The molecule has 0 saturated carbocycles. The maximum absolute atomic E-state index is 12.8. The Morgan fingerprint density at radius 2 is 1.10 bits per heavy atom. The molecule has 2 heteroatoms. The fraction of sp³-hybridized carbons (Fsp3) is 0.750. The Kier molecular flexibility index (Phi) is 11.6. The van der Waals surface area contributed by atoms with Crippen molar-refractivity contribution in [2.24, 2.45) is 0 Å². The molecule has 0 aromatic heterocycles. The lowest BCUT2D eigenvalue weighted by Crippen LogP contribution is -2.36. The SMILES string of the molecule is CCCCCCCCCCCCCCCCCCN1C(=O)C(C)(C)c2ccccc21. The minimum Gasteiger partial charge on any atom is -0.311 e. The monoisotopic (exact) mass is 413 g/mol. The zero-order chi connectivity index (χ0) is 21.7. The summed E-state index contributed by atoms with van der Waals surface area (Å²) in [5, 5.41) is 0. The molecule has 0 bridgehead atoms. The summed E-state index contributed by atoms with van der Waals surface area (Å²) < 4.78 is 0. The van der Waals surface area contributed by atoms with Crippen LogP contribution in [0.1, 0.15) is 129 Å². The minimum atomic E-state index is -0.369. The van der Waals surface area contributed by atoms with Crippen LogP contribution in [0.5, 0.6) is 0 Å². The second-order valence-corrected chi connectivity index (χ2v) is 9.90. The number of hydrogen-bond acceptors (Lipinski definition) is 1. The van der Waals surface area contributed by atoms with Gasteiger partial charge in [0.15, 0.2) is 0 Å². The fourth-order valence-electron chi connectivity index (χ4n) is 4.84. The number of nitrogens with zero attached hydrogens (tertiary/aromatic N) is 1. The molecule has 30 heavy (non-hydrogen) atoms. The standard InChI is InChI=1S/C28H47NO/c1-4-5-6-7-8-9-10-11-12-13-14-15-16-17-18-21-24-29-26-23-20-19-22-25(26)28(2,3)27(29)30/h19-20,22-23H,4-18,21,24H2,1-3H3. The van der Waals surface area contributed by atoms with E-state index in [-0.39, 0.29) is 11.3 Å². The van der Waals surface area contributed by atoms with Crippen molar-refractivity contribution in [3.63, 3.8) is 0 Å². The van der Waals surface area contributed by atoms with Gasteiger partial charge in [0.1, 0.15) is 0 Å². The van der Waals surface area contributed by atoms with E-state index in [1.807, 2.05) is 17.0 Å². The zero-order valence-corrected chi connectivity index (χ0v) is 20.2. The molecule has 2 nitrogen and oxygen atoms in total. The Morgan fingerprint density at radius 1 is 0.667 bits per heavy atom. The summed E-state index contributed by atoms with van der Waals surface area (Å²) in [7, 11) is 0. The number of benzene rings is 1. The molecule has 0 N–H and O–H groups in total. The third-order valence-electron chi connectivity index (χ3n) is 6.88. The Labute approximate surface area is 186 Å². The molecule has 1 aromatic rings. The number of hydrogen-bond donors (Lipinski definition) is 0. The van der Waals surface area contributed by atoms with Crippen molar-refractivity contribution in [3.8, 4) is 0 Å². The summed E-state index contributed by atoms with van der Waals surface area (Å²) in [5.41, 5.74) is 1.95. The first-order chi connectivity index (χ1) is 14.6. The fourth-order valence-corrected chi connectivity index (χ4v) is 4.84. The van der Waals surface area contributed by atoms with Gasteiger partial charge in [-0.2, -0.15) is 0 Å². The summed E-state index contributed by atoms with van der Waals surface area (Å²) >= 11 is 0. The lowest BCUT2D eigenvalue weighted by molar-refractivity contribution is -0.122. The van der Waals surface area contributed by atoms with Crippen molar-refractivity contribution in [3.05, 3.63) is 29.8 Å². The van der Waals surface area contributed by atoms with Crippen LogP contribution in [0, 0.1) is 0 Å². The molecule has 0 fully saturated rings. The van der Waals surface area contributed by atoms with Crippen LogP contribution in [-0.2, 0) is 10.2 Å². The number of para-hydroxylation sites is 1. The number of rotatable bonds is 17. The predicted octanol–water partition coefficient (Wildman–Crippen LogP) is 8.57. The van der Waals surface area contributed by atoms with Crippen LogP contribution in [0.15, 0.2) is 24.3 Å². The molecule has 0 spiro atoms. The summed E-state index contributed by atoms with van der Waals surface area (Å²) in [6.45, 7) is 7.28. The van der Waals surface area contributed by atoms with E-state index >= 15 is 0 Å². The highest BCUT2D eigenvalue weighted by molar-refractivity contribution is 6.07. The third kappa shape index (κ3) is 7.75. The number of carbonyl (C=O) groups is 1. The van der Waals surface area contributed by atoms with Gasteiger partial charge in [0.2, 0.25) is 5.91 Å². The van der Waals surface area contributed by atoms with E-state index in [2.05, 4.69) is 32.9 Å². The smallest absolute Gasteiger partial charge is 0.237 e. The molecule has 1 amide bonds. The first-order valence-electron chi connectivity index (χ1n) is 13.0. The highest BCUT2D eigenvalue weighted by Crippen LogP contribution is 2.41. The van der Waals surface area contributed by atoms with E-state index in [1.165, 1.54) is 102 Å². The minimum absolute atomic E-state index is 0.268. The number of unbranched alkanes of at least 4 members (excludes halogenated alkanes) is 15. The van der Waals surface area contributed by atoms with Crippen molar-refractivity contribution in [1.29, 1.82) is 0 Å². The third-order valence-corrected chi connectivity index (χ3v) is 6.88. The van der Waals surface area contributed by atoms with Crippen LogP contribution in [0.3, 0.4) is 0 Å². The van der Waals surface area contributed by atoms with E-state index in [0.717, 1.165) is 18.7 Å². The van der Waals surface area contributed by atoms with Crippen LogP contribution in [-0.4, -0.2) is 12.5 Å². The van der Waals surface area contributed by atoms with E-state index in [1.54, 1.807) is 0 Å². The number of fused-ring (bicyclic) bond motifs is 1. The summed E-state index contributed by atoms with van der Waals surface area (Å²) in [6, 6.07) is 8.31. The highest BCUT2D eigenvalue weighted by Gasteiger charge is 2.43. The molecule has 0 atom stereocenters.